The third kappa shape index (κ3) is 4.32. The molecule has 0 atom stereocenters. The number of sulfonamides is 1. The SMILES string of the molecule is CCn1cnc(S(=O)(=O)NOCC(F)(F)F)c1. The van der Waals surface area contributed by atoms with Gasteiger partial charge in [0.15, 0.2) is 11.6 Å². The van der Waals surface area contributed by atoms with Gasteiger partial charge in [0, 0.05) is 12.7 Å². The fourth-order valence-corrected chi connectivity index (χ4v) is 1.64. The van der Waals surface area contributed by atoms with Crippen molar-refractivity contribution in [1.82, 2.24) is 14.4 Å². The van der Waals surface area contributed by atoms with E-state index in [9.17, 15) is 21.6 Å². The summed E-state index contributed by atoms with van der Waals surface area (Å²) in [6.07, 6.45) is -2.18. The lowest BCUT2D eigenvalue weighted by Crippen LogP contribution is -2.29. The molecule has 0 radical (unpaired) electrons. The normalized spacial score (nSPS) is 12.9. The first kappa shape index (κ1) is 13.9. The lowest BCUT2D eigenvalue weighted by atomic mass is 10.7. The van der Waals surface area contributed by atoms with Crippen LogP contribution < -0.4 is 4.89 Å². The van der Waals surface area contributed by atoms with Gasteiger partial charge in [-0.15, -0.1) is 0 Å². The van der Waals surface area contributed by atoms with Gasteiger partial charge >= 0.3 is 6.18 Å². The Bertz CT molecular complexity index is 468. The first-order chi connectivity index (χ1) is 7.74. The van der Waals surface area contributed by atoms with Gasteiger partial charge in [-0.2, -0.15) is 13.2 Å². The summed E-state index contributed by atoms with van der Waals surface area (Å²) in [7, 11) is -4.18. The summed E-state index contributed by atoms with van der Waals surface area (Å²) >= 11 is 0. The van der Waals surface area contributed by atoms with Crippen LogP contribution in [0.5, 0.6) is 0 Å². The van der Waals surface area contributed by atoms with Crippen LogP contribution in [0.4, 0.5) is 13.2 Å². The molecule has 0 saturated heterocycles. The lowest BCUT2D eigenvalue weighted by molar-refractivity contribution is -0.181. The number of halogens is 3. The average Bonchev–Trinajstić information content (AvgIpc) is 2.63. The number of aromatic nitrogens is 2. The summed E-state index contributed by atoms with van der Waals surface area (Å²) in [6, 6.07) is 0. The number of alkyl halides is 3. The van der Waals surface area contributed by atoms with E-state index in [1.54, 1.807) is 6.92 Å². The third-order valence-electron chi connectivity index (χ3n) is 1.65. The molecule has 1 aromatic rings. The molecule has 10 heteroatoms. The molecule has 0 fully saturated rings. The summed E-state index contributed by atoms with van der Waals surface area (Å²) in [4.78, 5) is 8.72. The van der Waals surface area contributed by atoms with Crippen LogP contribution in [0.3, 0.4) is 0 Å². The van der Waals surface area contributed by atoms with E-state index in [1.807, 2.05) is 0 Å². The van der Waals surface area contributed by atoms with Gasteiger partial charge in [-0.3, -0.25) is 4.84 Å². The van der Waals surface area contributed by atoms with Gasteiger partial charge in [0.25, 0.3) is 10.0 Å². The minimum Gasteiger partial charge on any atom is -0.336 e. The zero-order chi connectivity index (χ0) is 13.1. The molecule has 0 unspecified atom stereocenters. The van der Waals surface area contributed by atoms with Crippen molar-refractivity contribution >= 4 is 10.0 Å². The molecule has 1 rings (SSSR count). The molecule has 17 heavy (non-hydrogen) atoms. The van der Waals surface area contributed by atoms with Gasteiger partial charge in [-0.25, -0.2) is 13.4 Å². The predicted molar refractivity (Wildman–Crippen MR) is 50.2 cm³/mol. The van der Waals surface area contributed by atoms with Crippen LogP contribution in [0, 0.1) is 0 Å². The summed E-state index contributed by atoms with van der Waals surface area (Å²) in [5, 5.41) is -0.401. The molecule has 0 spiro atoms. The Labute approximate surface area is 95.4 Å². The van der Waals surface area contributed by atoms with Crippen molar-refractivity contribution in [1.29, 1.82) is 0 Å². The highest BCUT2D eigenvalue weighted by Gasteiger charge is 2.29. The predicted octanol–water partition coefficient (Wildman–Crippen LogP) is 0.675. The van der Waals surface area contributed by atoms with E-state index in [2.05, 4.69) is 9.82 Å². The monoisotopic (exact) mass is 273 g/mol. The first-order valence-electron chi connectivity index (χ1n) is 4.47. The van der Waals surface area contributed by atoms with E-state index in [4.69, 9.17) is 0 Å². The maximum Gasteiger partial charge on any atom is 0.413 e. The van der Waals surface area contributed by atoms with Crippen molar-refractivity contribution in [3.05, 3.63) is 12.5 Å². The van der Waals surface area contributed by atoms with E-state index < -0.39 is 27.8 Å². The largest absolute Gasteiger partial charge is 0.413 e. The second kappa shape index (κ2) is 5.02. The van der Waals surface area contributed by atoms with E-state index >= 15 is 0 Å². The minimum atomic E-state index is -4.61. The van der Waals surface area contributed by atoms with E-state index in [-0.39, 0.29) is 0 Å². The molecular formula is C7H10F3N3O3S. The van der Waals surface area contributed by atoms with Crippen molar-refractivity contribution < 1.29 is 26.4 Å². The number of aryl methyl sites for hydroxylation is 1. The van der Waals surface area contributed by atoms with Crippen molar-refractivity contribution in [3.63, 3.8) is 0 Å². The summed E-state index contributed by atoms with van der Waals surface area (Å²) in [6.45, 7) is 0.540. The van der Waals surface area contributed by atoms with Gasteiger partial charge in [0.05, 0.1) is 6.33 Å². The number of nitrogens with one attached hydrogen (secondary N) is 1. The Morgan fingerprint density at radius 2 is 2.18 bits per heavy atom. The van der Waals surface area contributed by atoms with Crippen LogP contribution in [0.15, 0.2) is 17.6 Å². The van der Waals surface area contributed by atoms with E-state index in [0.717, 1.165) is 0 Å². The van der Waals surface area contributed by atoms with Gasteiger partial charge in [0.1, 0.15) is 0 Å². The van der Waals surface area contributed by atoms with Crippen molar-refractivity contribution in [2.75, 3.05) is 6.61 Å². The highest BCUT2D eigenvalue weighted by atomic mass is 32.2. The number of nitrogens with zero attached hydrogens (tertiary/aromatic N) is 2. The van der Waals surface area contributed by atoms with Crippen molar-refractivity contribution in [2.24, 2.45) is 0 Å². The number of hydrogen-bond acceptors (Lipinski definition) is 4. The Morgan fingerprint density at radius 1 is 1.53 bits per heavy atom. The zero-order valence-corrected chi connectivity index (χ0v) is 9.55. The average molecular weight is 273 g/mol. The second-order valence-corrected chi connectivity index (χ2v) is 4.62. The van der Waals surface area contributed by atoms with Crippen molar-refractivity contribution in [3.8, 4) is 0 Å². The maximum atomic E-state index is 11.7. The molecule has 0 aliphatic carbocycles. The first-order valence-corrected chi connectivity index (χ1v) is 5.95. The van der Waals surface area contributed by atoms with E-state index in [1.165, 1.54) is 22.0 Å². The van der Waals surface area contributed by atoms with Gasteiger partial charge in [0.2, 0.25) is 0 Å². The molecule has 1 N–H and O–H groups in total. The van der Waals surface area contributed by atoms with Crippen LogP contribution in [0.2, 0.25) is 0 Å². The van der Waals surface area contributed by atoms with Crippen LogP contribution in [0.25, 0.3) is 0 Å². The molecule has 6 nitrogen and oxygen atoms in total. The lowest BCUT2D eigenvalue weighted by Gasteiger charge is -2.07. The molecule has 0 saturated carbocycles. The zero-order valence-electron chi connectivity index (χ0n) is 8.73. The Morgan fingerprint density at radius 3 is 2.65 bits per heavy atom. The summed E-state index contributed by atoms with van der Waals surface area (Å²) < 4.78 is 59.3. The summed E-state index contributed by atoms with van der Waals surface area (Å²) in [5.74, 6) is 0. The third-order valence-corrected chi connectivity index (χ3v) is 2.75. The van der Waals surface area contributed by atoms with Crippen LogP contribution >= 0.6 is 0 Å². The molecule has 0 amide bonds. The molecule has 0 bridgehead atoms. The van der Waals surface area contributed by atoms with Crippen LogP contribution in [-0.4, -0.2) is 30.8 Å². The quantitative estimate of drug-likeness (QED) is 0.800. The van der Waals surface area contributed by atoms with Crippen molar-refractivity contribution in [2.45, 2.75) is 24.7 Å². The van der Waals surface area contributed by atoms with Gasteiger partial charge in [-0.05, 0) is 6.92 Å². The number of rotatable bonds is 5. The molecule has 0 aliphatic heterocycles. The second-order valence-electron chi connectivity index (χ2n) is 3.03. The van der Waals surface area contributed by atoms with E-state index in [0.29, 0.717) is 6.54 Å². The fraction of sp³-hybridized carbons (Fsp3) is 0.571. The Kier molecular flexibility index (Phi) is 4.11. The highest BCUT2D eigenvalue weighted by molar-refractivity contribution is 7.89. The highest BCUT2D eigenvalue weighted by Crippen LogP contribution is 2.14. The fourth-order valence-electron chi connectivity index (χ4n) is 0.883. The van der Waals surface area contributed by atoms with Gasteiger partial charge in [-0.1, -0.05) is 4.89 Å². The van der Waals surface area contributed by atoms with Crippen LogP contribution in [-0.2, 0) is 21.4 Å². The standard InChI is InChI=1S/C7H10F3N3O3S/c1-2-13-3-6(11-5-13)17(14,15)12-16-4-7(8,9)10/h3,5,12H,2,4H2,1H3. The number of hydrogen-bond donors (Lipinski definition) is 1. The van der Waals surface area contributed by atoms with Gasteiger partial charge < -0.3 is 4.57 Å². The molecule has 0 aliphatic rings. The minimum absolute atomic E-state index is 0.401. The smallest absolute Gasteiger partial charge is 0.336 e. The molecule has 0 aromatic carbocycles. The summed E-state index contributed by atoms with van der Waals surface area (Å²) in [5.41, 5.74) is 0. The topological polar surface area (TPSA) is 73.2 Å². The number of imidazole rings is 1. The Hall–Kier alpha value is -1.13. The molecule has 1 heterocycles. The molecule has 1 aromatic heterocycles. The maximum absolute atomic E-state index is 11.7. The molecule has 98 valence electrons. The molecular weight excluding hydrogens is 263 g/mol. The van der Waals surface area contributed by atoms with Crippen LogP contribution in [0.1, 0.15) is 6.92 Å². The Balaban J connectivity index is 2.63.